The van der Waals surface area contributed by atoms with Gasteiger partial charge in [-0.2, -0.15) is 0 Å². The van der Waals surface area contributed by atoms with Crippen molar-refractivity contribution in [2.45, 2.75) is 19.1 Å². The molecule has 0 aliphatic heterocycles. The van der Waals surface area contributed by atoms with Crippen molar-refractivity contribution < 1.29 is 22.7 Å². The van der Waals surface area contributed by atoms with Crippen LogP contribution in [0.15, 0.2) is 48.4 Å². The van der Waals surface area contributed by atoms with Gasteiger partial charge in [-0.25, -0.2) is 13.2 Å². The van der Waals surface area contributed by atoms with Crippen LogP contribution >= 0.6 is 11.3 Å². The highest BCUT2D eigenvalue weighted by molar-refractivity contribution is 7.92. The number of anilines is 1. The van der Waals surface area contributed by atoms with Gasteiger partial charge in [0.2, 0.25) is 5.91 Å². The van der Waals surface area contributed by atoms with Crippen LogP contribution in [0.3, 0.4) is 0 Å². The van der Waals surface area contributed by atoms with E-state index in [1.807, 2.05) is 30.3 Å². The first-order valence-electron chi connectivity index (χ1n) is 8.29. The molecule has 1 aromatic carbocycles. The molecule has 27 heavy (non-hydrogen) atoms. The van der Waals surface area contributed by atoms with Gasteiger partial charge in [0.15, 0.2) is 9.84 Å². The zero-order valence-corrected chi connectivity index (χ0v) is 16.7. The lowest BCUT2D eigenvalue weighted by Crippen LogP contribution is -2.33. The van der Waals surface area contributed by atoms with Crippen LogP contribution in [-0.4, -0.2) is 37.9 Å². The summed E-state index contributed by atoms with van der Waals surface area (Å²) in [5, 5.41) is 3.30. The summed E-state index contributed by atoms with van der Waals surface area (Å²) in [4.78, 5) is 24.9. The van der Waals surface area contributed by atoms with Crippen molar-refractivity contribution in [3.8, 4) is 11.1 Å². The predicted octanol–water partition coefficient (Wildman–Crippen LogP) is 3.52. The first-order chi connectivity index (χ1) is 12.8. The van der Waals surface area contributed by atoms with Gasteiger partial charge in [-0.3, -0.25) is 4.79 Å². The van der Waals surface area contributed by atoms with Crippen LogP contribution in [0.5, 0.6) is 0 Å². The highest BCUT2D eigenvalue weighted by Gasteiger charge is 2.29. The van der Waals surface area contributed by atoms with Gasteiger partial charge in [0.25, 0.3) is 0 Å². The zero-order chi connectivity index (χ0) is 20.0. The lowest BCUT2D eigenvalue weighted by molar-refractivity contribution is -0.115. The molecule has 0 aliphatic carbocycles. The molecular formula is C19H21NO5S2. The second kappa shape index (κ2) is 8.96. The average molecular weight is 408 g/mol. The minimum absolute atomic E-state index is 0.181. The van der Waals surface area contributed by atoms with Crippen LogP contribution in [0.1, 0.15) is 24.2 Å². The van der Waals surface area contributed by atoms with E-state index < -0.39 is 27.0 Å². The maximum absolute atomic E-state index is 12.5. The molecule has 0 spiro atoms. The number of carbonyl (C=O) groups excluding carboxylic acids is 2. The third-order valence-electron chi connectivity index (χ3n) is 3.85. The lowest BCUT2D eigenvalue weighted by atomic mass is 10.0. The van der Waals surface area contributed by atoms with E-state index in [4.69, 9.17) is 4.74 Å². The predicted molar refractivity (Wildman–Crippen MR) is 108 cm³/mol. The van der Waals surface area contributed by atoms with E-state index >= 15 is 0 Å². The fourth-order valence-electron chi connectivity index (χ4n) is 2.37. The smallest absolute Gasteiger partial charge is 0.341 e. The van der Waals surface area contributed by atoms with Crippen molar-refractivity contribution in [2.24, 2.45) is 0 Å². The molecule has 0 saturated heterocycles. The molecule has 1 aromatic heterocycles. The van der Waals surface area contributed by atoms with E-state index in [9.17, 15) is 18.0 Å². The minimum Gasteiger partial charge on any atom is -0.462 e. The molecule has 1 atom stereocenters. The number of esters is 1. The molecule has 6 nitrogen and oxygen atoms in total. The largest absolute Gasteiger partial charge is 0.462 e. The van der Waals surface area contributed by atoms with Gasteiger partial charge < -0.3 is 10.1 Å². The van der Waals surface area contributed by atoms with Crippen LogP contribution in [0.4, 0.5) is 5.00 Å². The van der Waals surface area contributed by atoms with Crippen molar-refractivity contribution in [3.05, 3.63) is 53.9 Å². The van der Waals surface area contributed by atoms with Crippen LogP contribution in [0, 0.1) is 0 Å². The Kier molecular flexibility index (Phi) is 6.92. The lowest BCUT2D eigenvalue weighted by Gasteiger charge is -2.13. The first kappa shape index (κ1) is 20.9. The minimum atomic E-state index is -3.66. The normalized spacial score (nSPS) is 12.2. The van der Waals surface area contributed by atoms with Gasteiger partial charge >= 0.3 is 5.97 Å². The van der Waals surface area contributed by atoms with Crippen molar-refractivity contribution in [3.63, 3.8) is 0 Å². The summed E-state index contributed by atoms with van der Waals surface area (Å²) in [6.07, 6.45) is 1.24. The Morgan fingerprint density at radius 1 is 1.30 bits per heavy atom. The van der Waals surface area contributed by atoms with E-state index in [1.54, 1.807) is 12.3 Å². The number of nitrogens with one attached hydrogen (secondary N) is 1. The van der Waals surface area contributed by atoms with Gasteiger partial charge in [0, 0.05) is 10.9 Å². The van der Waals surface area contributed by atoms with Gasteiger partial charge in [-0.15, -0.1) is 17.9 Å². The second-order valence-electron chi connectivity index (χ2n) is 5.69. The van der Waals surface area contributed by atoms with Gasteiger partial charge in [-0.1, -0.05) is 36.4 Å². The molecule has 1 N–H and O–H groups in total. The van der Waals surface area contributed by atoms with E-state index in [1.165, 1.54) is 13.0 Å². The summed E-state index contributed by atoms with van der Waals surface area (Å²) < 4.78 is 29.3. The molecule has 8 heteroatoms. The fourth-order valence-corrected chi connectivity index (χ4v) is 4.33. The highest BCUT2D eigenvalue weighted by atomic mass is 32.2. The first-order valence-corrected chi connectivity index (χ1v) is 10.9. The molecule has 2 rings (SSSR count). The van der Waals surface area contributed by atoms with Gasteiger partial charge in [-0.05, 0) is 19.4 Å². The number of carbonyl (C=O) groups is 2. The number of hydrogen-bond acceptors (Lipinski definition) is 6. The Bertz CT molecular complexity index is 932. The summed E-state index contributed by atoms with van der Waals surface area (Å²) >= 11 is 1.15. The third kappa shape index (κ3) is 4.84. The van der Waals surface area contributed by atoms with Gasteiger partial charge in [0.1, 0.15) is 15.8 Å². The van der Waals surface area contributed by atoms with E-state index in [-0.39, 0.29) is 22.9 Å². The van der Waals surface area contributed by atoms with E-state index in [2.05, 4.69) is 11.9 Å². The molecule has 0 saturated carbocycles. The number of hydrogen-bond donors (Lipinski definition) is 1. The average Bonchev–Trinajstić information content (AvgIpc) is 3.05. The molecule has 2 aromatic rings. The van der Waals surface area contributed by atoms with Gasteiger partial charge in [0.05, 0.1) is 12.4 Å². The molecule has 1 unspecified atom stereocenters. The maximum atomic E-state index is 12.5. The number of ether oxygens (including phenoxy) is 1. The summed E-state index contributed by atoms with van der Waals surface area (Å²) in [5.41, 5.74) is 1.63. The third-order valence-corrected chi connectivity index (χ3v) is 6.74. The monoisotopic (exact) mass is 407 g/mol. The standard InChI is InChI=1S/C19H21NO5S2/c1-4-11-27(23,24)13(3)17(21)20-18-16(19(22)25-5-2)15(12-26-18)14-9-7-6-8-10-14/h4,6-10,12-13H,1,5,11H2,2-3H3,(H,20,21). The van der Waals surface area contributed by atoms with Crippen molar-refractivity contribution in [1.82, 2.24) is 0 Å². The summed E-state index contributed by atoms with van der Waals surface area (Å²) in [7, 11) is -3.66. The number of thiophene rings is 1. The second-order valence-corrected chi connectivity index (χ2v) is 8.94. The highest BCUT2D eigenvalue weighted by Crippen LogP contribution is 2.36. The quantitative estimate of drug-likeness (QED) is 0.534. The molecule has 1 heterocycles. The van der Waals surface area contributed by atoms with Crippen LogP contribution in [-0.2, 0) is 19.4 Å². The zero-order valence-electron chi connectivity index (χ0n) is 15.1. The molecule has 0 fully saturated rings. The van der Waals surface area contributed by atoms with Crippen molar-refractivity contribution in [1.29, 1.82) is 0 Å². The van der Waals surface area contributed by atoms with Crippen molar-refractivity contribution in [2.75, 3.05) is 17.7 Å². The van der Waals surface area contributed by atoms with Crippen LogP contribution in [0.25, 0.3) is 11.1 Å². The fraction of sp³-hybridized carbons (Fsp3) is 0.263. The summed E-state index contributed by atoms with van der Waals surface area (Å²) in [6, 6.07) is 9.21. The van der Waals surface area contributed by atoms with E-state index in [0.717, 1.165) is 16.9 Å². The Balaban J connectivity index is 2.39. The Labute approximate surface area is 162 Å². The Hall–Kier alpha value is -2.45. The Morgan fingerprint density at radius 3 is 2.56 bits per heavy atom. The topological polar surface area (TPSA) is 89.5 Å². The van der Waals surface area contributed by atoms with Crippen LogP contribution < -0.4 is 5.32 Å². The van der Waals surface area contributed by atoms with Crippen LogP contribution in [0.2, 0.25) is 0 Å². The molecule has 1 amide bonds. The maximum Gasteiger partial charge on any atom is 0.341 e. The number of amides is 1. The van der Waals surface area contributed by atoms with E-state index in [0.29, 0.717) is 5.56 Å². The SMILES string of the molecule is C=CCS(=O)(=O)C(C)C(=O)Nc1scc(-c2ccccc2)c1C(=O)OCC. The molecule has 144 valence electrons. The molecule has 0 radical (unpaired) electrons. The molecular weight excluding hydrogens is 386 g/mol. The molecule has 0 aliphatic rings. The number of sulfone groups is 1. The number of rotatable bonds is 8. The number of benzene rings is 1. The molecule has 0 bridgehead atoms. The summed E-state index contributed by atoms with van der Waals surface area (Å²) in [5.74, 6) is -1.58. The summed E-state index contributed by atoms with van der Waals surface area (Å²) in [6.45, 7) is 6.58. The van der Waals surface area contributed by atoms with Crippen molar-refractivity contribution >= 4 is 38.1 Å². The Morgan fingerprint density at radius 2 is 1.96 bits per heavy atom.